The molecule has 94 valence electrons. The molecule has 3 saturated heterocycles. The summed E-state index contributed by atoms with van der Waals surface area (Å²) < 4.78 is 2.32. The molecule has 2 bridgehead atoms. The number of fused-ring (bicyclic) bond motifs is 3. The number of aromatic nitrogens is 1. The van der Waals surface area contributed by atoms with Crippen molar-refractivity contribution in [3.8, 4) is 0 Å². The van der Waals surface area contributed by atoms with Gasteiger partial charge in [-0.1, -0.05) is 6.92 Å². The summed E-state index contributed by atoms with van der Waals surface area (Å²) in [6, 6.07) is 5.96. The molecule has 4 heterocycles. The van der Waals surface area contributed by atoms with E-state index in [1.807, 2.05) is 0 Å². The highest BCUT2D eigenvalue weighted by Gasteiger charge is 2.51. The van der Waals surface area contributed by atoms with Crippen LogP contribution in [0.5, 0.6) is 0 Å². The monoisotopic (exact) mass is 232 g/mol. The second-order valence-corrected chi connectivity index (χ2v) is 6.46. The summed E-state index contributed by atoms with van der Waals surface area (Å²) in [5.74, 6) is 0.701. The first-order valence-corrected chi connectivity index (χ1v) is 6.90. The summed E-state index contributed by atoms with van der Waals surface area (Å²) in [6.45, 7) is 8.62. The lowest BCUT2D eigenvalue weighted by atomic mass is 9.60. The van der Waals surface area contributed by atoms with Gasteiger partial charge in [0.1, 0.15) is 0 Å². The fraction of sp³-hybridized carbons (Fsp3) is 0.733. The van der Waals surface area contributed by atoms with Crippen LogP contribution in [0.15, 0.2) is 18.3 Å². The highest BCUT2D eigenvalue weighted by atomic mass is 15.2. The highest BCUT2D eigenvalue weighted by Crippen LogP contribution is 2.54. The van der Waals surface area contributed by atoms with Crippen molar-refractivity contribution in [3.63, 3.8) is 0 Å². The van der Waals surface area contributed by atoms with Gasteiger partial charge in [0.25, 0.3) is 0 Å². The average Bonchev–Trinajstić information content (AvgIpc) is 2.63. The summed E-state index contributed by atoms with van der Waals surface area (Å²) in [4.78, 5) is 2.71. The Bertz CT molecular complexity index is 422. The normalized spacial score (nSPS) is 45.2. The molecule has 0 spiro atoms. The minimum absolute atomic E-state index is 0.500. The zero-order chi connectivity index (χ0) is 12.2. The van der Waals surface area contributed by atoms with Crippen molar-refractivity contribution < 1.29 is 0 Å². The molecule has 1 aromatic rings. The minimum Gasteiger partial charge on any atom is -0.354 e. The Labute approximate surface area is 105 Å². The molecule has 3 fully saturated rings. The van der Waals surface area contributed by atoms with Crippen molar-refractivity contribution in [1.82, 2.24) is 9.47 Å². The molecule has 0 aromatic carbocycles. The van der Waals surface area contributed by atoms with Crippen molar-refractivity contribution in [3.05, 3.63) is 24.0 Å². The number of aryl methyl sites for hydroxylation is 1. The Morgan fingerprint density at radius 2 is 2.12 bits per heavy atom. The molecule has 0 N–H and O–H groups in total. The van der Waals surface area contributed by atoms with Gasteiger partial charge in [0.2, 0.25) is 0 Å². The van der Waals surface area contributed by atoms with Crippen LogP contribution in [0.1, 0.15) is 45.2 Å². The van der Waals surface area contributed by atoms with Gasteiger partial charge in [0, 0.05) is 36.9 Å². The van der Waals surface area contributed by atoms with Crippen LogP contribution in [0.4, 0.5) is 0 Å². The Kier molecular flexibility index (Phi) is 2.41. The van der Waals surface area contributed by atoms with E-state index in [-0.39, 0.29) is 0 Å². The van der Waals surface area contributed by atoms with E-state index in [0.717, 1.165) is 6.04 Å². The van der Waals surface area contributed by atoms with Gasteiger partial charge >= 0.3 is 0 Å². The maximum absolute atomic E-state index is 2.71. The van der Waals surface area contributed by atoms with E-state index < -0.39 is 0 Å². The molecule has 3 aliphatic rings. The van der Waals surface area contributed by atoms with Gasteiger partial charge in [-0.25, -0.2) is 0 Å². The Morgan fingerprint density at radius 3 is 2.65 bits per heavy atom. The van der Waals surface area contributed by atoms with Crippen molar-refractivity contribution in [2.75, 3.05) is 6.54 Å². The lowest BCUT2D eigenvalue weighted by Crippen LogP contribution is -2.60. The summed E-state index contributed by atoms with van der Waals surface area (Å²) in [5.41, 5.74) is 2.02. The summed E-state index contributed by atoms with van der Waals surface area (Å²) in [7, 11) is 2.19. The van der Waals surface area contributed by atoms with Crippen molar-refractivity contribution in [1.29, 1.82) is 0 Å². The van der Waals surface area contributed by atoms with Gasteiger partial charge in [-0.3, -0.25) is 4.90 Å². The largest absolute Gasteiger partial charge is 0.354 e. The molecule has 0 amide bonds. The Balaban J connectivity index is 2.03. The first-order chi connectivity index (χ1) is 8.03. The van der Waals surface area contributed by atoms with E-state index in [1.54, 1.807) is 0 Å². The summed E-state index contributed by atoms with van der Waals surface area (Å²) in [6.07, 6.45) is 4.90. The van der Waals surface area contributed by atoms with Crippen LogP contribution in [0.3, 0.4) is 0 Å². The van der Waals surface area contributed by atoms with Crippen molar-refractivity contribution >= 4 is 0 Å². The van der Waals surface area contributed by atoms with E-state index in [9.17, 15) is 0 Å². The number of hydrogen-bond acceptors (Lipinski definition) is 1. The molecule has 2 nitrogen and oxygen atoms in total. The molecule has 3 aliphatic heterocycles. The smallest absolute Gasteiger partial charge is 0.0223 e. The SMILES string of the molecule is CC1CC2(C)CCN1C(C)C2c1cccn1C. The van der Waals surface area contributed by atoms with Crippen LogP contribution >= 0.6 is 0 Å². The van der Waals surface area contributed by atoms with E-state index in [1.165, 1.54) is 25.1 Å². The topological polar surface area (TPSA) is 8.17 Å². The zero-order valence-corrected chi connectivity index (χ0v) is 11.5. The van der Waals surface area contributed by atoms with E-state index in [4.69, 9.17) is 0 Å². The van der Waals surface area contributed by atoms with Crippen LogP contribution in [-0.4, -0.2) is 28.1 Å². The van der Waals surface area contributed by atoms with Crippen molar-refractivity contribution in [2.24, 2.45) is 12.5 Å². The predicted octanol–water partition coefficient (Wildman–Crippen LogP) is 3.00. The number of piperidine rings is 3. The van der Waals surface area contributed by atoms with Crippen LogP contribution in [0, 0.1) is 5.41 Å². The molecule has 0 aliphatic carbocycles. The van der Waals surface area contributed by atoms with Crippen LogP contribution in [0.25, 0.3) is 0 Å². The second kappa shape index (κ2) is 3.61. The molecule has 4 rings (SSSR count). The molecule has 17 heavy (non-hydrogen) atoms. The Hall–Kier alpha value is -0.760. The van der Waals surface area contributed by atoms with Gasteiger partial charge in [-0.15, -0.1) is 0 Å². The maximum Gasteiger partial charge on any atom is 0.0223 e. The third kappa shape index (κ3) is 1.50. The maximum atomic E-state index is 2.71. The Morgan fingerprint density at radius 1 is 1.35 bits per heavy atom. The molecule has 5 unspecified atom stereocenters. The van der Waals surface area contributed by atoms with Gasteiger partial charge in [-0.05, 0) is 50.8 Å². The quantitative estimate of drug-likeness (QED) is 0.722. The molecule has 0 radical (unpaired) electrons. The van der Waals surface area contributed by atoms with Gasteiger partial charge in [0.15, 0.2) is 0 Å². The predicted molar refractivity (Wildman–Crippen MR) is 71.1 cm³/mol. The zero-order valence-electron chi connectivity index (χ0n) is 11.5. The average molecular weight is 232 g/mol. The number of hydrogen-bond donors (Lipinski definition) is 0. The van der Waals surface area contributed by atoms with E-state index >= 15 is 0 Å². The molecule has 0 saturated carbocycles. The summed E-state index contributed by atoms with van der Waals surface area (Å²) >= 11 is 0. The third-order valence-electron chi connectivity index (χ3n) is 5.33. The molecule has 2 heteroatoms. The van der Waals surface area contributed by atoms with Gasteiger partial charge in [-0.2, -0.15) is 0 Å². The highest BCUT2D eigenvalue weighted by molar-refractivity contribution is 5.22. The standard InChI is InChI=1S/C15H24N2/c1-11-10-15(3)7-9-17(11)12(2)14(15)13-6-5-8-16(13)4/h5-6,8,11-12,14H,7,9-10H2,1-4H3. The van der Waals surface area contributed by atoms with Crippen LogP contribution < -0.4 is 0 Å². The summed E-state index contributed by atoms with van der Waals surface area (Å²) in [5, 5.41) is 0. The van der Waals surface area contributed by atoms with E-state index in [2.05, 4.69) is 55.6 Å². The minimum atomic E-state index is 0.500. The molecular weight excluding hydrogens is 208 g/mol. The number of nitrogens with zero attached hydrogens (tertiary/aromatic N) is 2. The van der Waals surface area contributed by atoms with Gasteiger partial charge < -0.3 is 4.57 Å². The molecule has 5 atom stereocenters. The first kappa shape index (κ1) is 11.3. The van der Waals surface area contributed by atoms with Crippen molar-refractivity contribution in [2.45, 2.75) is 51.6 Å². The van der Waals surface area contributed by atoms with Gasteiger partial charge in [0.05, 0.1) is 0 Å². The molecule has 1 aromatic heterocycles. The van der Waals surface area contributed by atoms with Crippen LogP contribution in [0.2, 0.25) is 0 Å². The first-order valence-electron chi connectivity index (χ1n) is 6.90. The fourth-order valence-electron chi connectivity index (χ4n) is 4.56. The molecular formula is C15H24N2. The third-order valence-corrected chi connectivity index (χ3v) is 5.33. The number of rotatable bonds is 1. The van der Waals surface area contributed by atoms with Crippen LogP contribution in [-0.2, 0) is 7.05 Å². The van der Waals surface area contributed by atoms with E-state index in [0.29, 0.717) is 17.4 Å². The second-order valence-electron chi connectivity index (χ2n) is 6.46. The lowest BCUT2D eigenvalue weighted by molar-refractivity contribution is -0.0642. The fourth-order valence-corrected chi connectivity index (χ4v) is 4.56. The lowest BCUT2D eigenvalue weighted by Gasteiger charge is -2.59.